The number of nitrogens with two attached hydrogens (primary N) is 3. The highest BCUT2D eigenvalue weighted by molar-refractivity contribution is 8.01. The van der Waals surface area contributed by atoms with E-state index in [1.54, 1.807) is 0 Å². The minimum Gasteiger partial charge on any atom is -0.370 e. The maximum atomic E-state index is 5.76. The maximum absolute atomic E-state index is 5.76. The molecule has 4 aromatic carbocycles. The third-order valence-electron chi connectivity index (χ3n) is 5.42. The van der Waals surface area contributed by atoms with Crippen LogP contribution in [0.3, 0.4) is 0 Å². The Labute approximate surface area is 195 Å². The number of rotatable bonds is 6. The molecule has 0 amide bonds. The van der Waals surface area contributed by atoms with E-state index in [2.05, 4.69) is 125 Å². The molecule has 0 aromatic heterocycles. The molecule has 0 aliphatic carbocycles. The molecule has 164 valence electrons. The molecule has 4 aromatic rings. The van der Waals surface area contributed by atoms with Gasteiger partial charge in [-0.1, -0.05) is 66.7 Å². The molecule has 0 heterocycles. The van der Waals surface area contributed by atoms with Gasteiger partial charge in [0.2, 0.25) is 5.96 Å². The van der Waals surface area contributed by atoms with Crippen LogP contribution in [-0.2, 0) is 6.54 Å². The molecule has 0 saturated heterocycles. The Morgan fingerprint density at radius 3 is 1.33 bits per heavy atom. The van der Waals surface area contributed by atoms with Gasteiger partial charge < -0.3 is 17.2 Å². The van der Waals surface area contributed by atoms with Crippen molar-refractivity contribution in [3.8, 4) is 0 Å². The third kappa shape index (κ3) is 4.79. The number of nitrogens with zero attached hydrogens (tertiary/aromatic N) is 2. The summed E-state index contributed by atoms with van der Waals surface area (Å²) in [6.07, 6.45) is 0. The predicted octanol–water partition coefficient (Wildman–Crippen LogP) is 2.39. The zero-order valence-electron chi connectivity index (χ0n) is 18.3. The summed E-state index contributed by atoms with van der Waals surface area (Å²) < 4.78 is 0. The van der Waals surface area contributed by atoms with Crippen LogP contribution < -0.4 is 38.4 Å². The molecule has 0 saturated carbocycles. The van der Waals surface area contributed by atoms with Gasteiger partial charge in [-0.3, -0.25) is 0 Å². The summed E-state index contributed by atoms with van der Waals surface area (Å²) in [6.45, 7) is 0.399. The Morgan fingerprint density at radius 2 is 0.939 bits per heavy atom. The Balaban J connectivity index is 1.87. The van der Waals surface area contributed by atoms with Gasteiger partial charge in [0.05, 0.1) is 6.54 Å². The molecule has 0 aliphatic rings. The molecule has 4 rings (SSSR count). The largest absolute Gasteiger partial charge is 0.370 e. The summed E-state index contributed by atoms with van der Waals surface area (Å²) in [5, 5.41) is 5.21. The Kier molecular flexibility index (Phi) is 6.82. The molecule has 6 N–H and O–H groups in total. The van der Waals surface area contributed by atoms with E-state index in [9.17, 15) is 0 Å². The molecular weight excluding hydrogens is 425 g/mol. The molecule has 0 spiro atoms. The first-order valence-electron chi connectivity index (χ1n) is 10.7. The van der Waals surface area contributed by atoms with Crippen LogP contribution in [0.4, 0.5) is 0 Å². The van der Waals surface area contributed by atoms with Crippen LogP contribution in [0.5, 0.6) is 0 Å². The SMILES string of the molecule is NC(N)=NC(N)=NCc1ccc([P+](c2ccccc2)(c2ccccc2)c2ccccc2)cc1. The van der Waals surface area contributed by atoms with Crippen molar-refractivity contribution in [2.75, 3.05) is 0 Å². The second-order valence-electron chi connectivity index (χ2n) is 7.56. The number of hydrogen-bond acceptors (Lipinski definition) is 1. The first kappa shape index (κ1) is 22.3. The van der Waals surface area contributed by atoms with Gasteiger partial charge in [-0.15, -0.1) is 0 Å². The fraction of sp³-hybridized carbons (Fsp3) is 0.0370. The smallest absolute Gasteiger partial charge is 0.218 e. The van der Waals surface area contributed by atoms with Gasteiger partial charge in [0.1, 0.15) is 28.5 Å². The van der Waals surface area contributed by atoms with E-state index < -0.39 is 7.26 Å². The summed E-state index contributed by atoms with van der Waals surface area (Å²) in [5.74, 6) is -0.0338. The average molecular weight is 453 g/mol. The molecule has 0 bridgehead atoms. The van der Waals surface area contributed by atoms with E-state index in [1.807, 2.05) is 0 Å². The topological polar surface area (TPSA) is 103 Å². The zero-order chi connectivity index (χ0) is 23.1. The molecule has 5 nitrogen and oxygen atoms in total. The first-order valence-corrected chi connectivity index (χ1v) is 12.4. The zero-order valence-corrected chi connectivity index (χ0v) is 19.1. The summed E-state index contributed by atoms with van der Waals surface area (Å²) in [5.41, 5.74) is 17.5. The van der Waals surface area contributed by atoms with Crippen molar-refractivity contribution < 1.29 is 0 Å². The molecule has 6 heteroatoms. The van der Waals surface area contributed by atoms with Crippen LogP contribution in [0, 0.1) is 0 Å². The van der Waals surface area contributed by atoms with Crippen LogP contribution in [-0.4, -0.2) is 11.9 Å². The lowest BCUT2D eigenvalue weighted by molar-refractivity contribution is 1.05. The number of benzene rings is 4. The number of guanidine groups is 2. The molecule has 0 fully saturated rings. The highest BCUT2D eigenvalue weighted by atomic mass is 31.2. The number of hydrogen-bond donors (Lipinski definition) is 3. The second-order valence-corrected chi connectivity index (χ2v) is 11.0. The van der Waals surface area contributed by atoms with Crippen molar-refractivity contribution in [2.24, 2.45) is 27.2 Å². The lowest BCUT2D eigenvalue weighted by atomic mass is 10.2. The van der Waals surface area contributed by atoms with Crippen LogP contribution in [0.1, 0.15) is 5.56 Å². The van der Waals surface area contributed by atoms with Crippen LogP contribution in [0.25, 0.3) is 0 Å². The van der Waals surface area contributed by atoms with Gasteiger partial charge in [0, 0.05) is 0 Å². The monoisotopic (exact) mass is 452 g/mol. The Bertz CT molecular complexity index is 1140. The van der Waals surface area contributed by atoms with Gasteiger partial charge >= 0.3 is 0 Å². The fourth-order valence-corrected chi connectivity index (χ4v) is 8.26. The summed E-state index contributed by atoms with van der Waals surface area (Å²) in [4.78, 5) is 8.03. The average Bonchev–Trinajstić information content (AvgIpc) is 2.86. The van der Waals surface area contributed by atoms with Crippen molar-refractivity contribution in [1.29, 1.82) is 0 Å². The molecule has 0 radical (unpaired) electrons. The number of aliphatic imine (C=N–C) groups is 2. The van der Waals surface area contributed by atoms with Crippen LogP contribution >= 0.6 is 7.26 Å². The fourth-order valence-electron chi connectivity index (χ4n) is 4.01. The normalized spacial score (nSPS) is 11.7. The van der Waals surface area contributed by atoms with Crippen molar-refractivity contribution in [3.63, 3.8) is 0 Å². The Hall–Kier alpha value is -3.95. The molecule has 0 aliphatic heterocycles. The van der Waals surface area contributed by atoms with Crippen LogP contribution in [0.2, 0.25) is 0 Å². The Morgan fingerprint density at radius 1 is 0.545 bits per heavy atom. The molecule has 0 atom stereocenters. The van der Waals surface area contributed by atoms with Gasteiger partial charge in [-0.25, -0.2) is 4.99 Å². The van der Waals surface area contributed by atoms with Crippen LogP contribution in [0.15, 0.2) is 125 Å². The van der Waals surface area contributed by atoms with Crippen molar-refractivity contribution in [2.45, 2.75) is 6.54 Å². The van der Waals surface area contributed by atoms with Crippen molar-refractivity contribution in [3.05, 3.63) is 121 Å². The molecule has 33 heavy (non-hydrogen) atoms. The van der Waals surface area contributed by atoms with E-state index in [0.29, 0.717) is 6.54 Å². The highest BCUT2D eigenvalue weighted by Gasteiger charge is 2.47. The maximum Gasteiger partial charge on any atom is 0.218 e. The van der Waals surface area contributed by atoms with E-state index in [-0.39, 0.29) is 11.9 Å². The lowest BCUT2D eigenvalue weighted by Gasteiger charge is -2.27. The van der Waals surface area contributed by atoms with E-state index in [4.69, 9.17) is 17.2 Å². The summed E-state index contributed by atoms with van der Waals surface area (Å²) >= 11 is 0. The first-order chi connectivity index (χ1) is 16.1. The van der Waals surface area contributed by atoms with E-state index in [0.717, 1.165) is 5.56 Å². The minimum absolute atomic E-state index is 0.0683. The van der Waals surface area contributed by atoms with E-state index in [1.165, 1.54) is 21.2 Å². The summed E-state index contributed by atoms with van der Waals surface area (Å²) in [7, 11) is -2.10. The van der Waals surface area contributed by atoms with Gasteiger partial charge in [-0.2, -0.15) is 4.99 Å². The predicted molar refractivity (Wildman–Crippen MR) is 142 cm³/mol. The highest BCUT2D eigenvalue weighted by Crippen LogP contribution is 2.54. The van der Waals surface area contributed by atoms with Gasteiger partial charge in [-0.05, 0) is 54.1 Å². The second kappa shape index (κ2) is 10.1. The molecular formula is C27H27N5P+. The van der Waals surface area contributed by atoms with Gasteiger partial charge in [0.25, 0.3) is 0 Å². The minimum atomic E-state index is -2.10. The van der Waals surface area contributed by atoms with Crippen molar-refractivity contribution >= 4 is 40.4 Å². The van der Waals surface area contributed by atoms with Crippen molar-refractivity contribution in [1.82, 2.24) is 0 Å². The standard InChI is InChI=1S/C27H27N5P/c28-26(29)32-27(30)31-20-21-16-18-25(19-17-21)33(22-10-4-1-5-11-22,23-12-6-2-7-13-23)24-14-8-3-9-15-24/h1-19H,20H2,(H6,28,29,30,31,32)/q+1. The molecule has 0 unspecified atom stereocenters. The van der Waals surface area contributed by atoms with Gasteiger partial charge in [0.15, 0.2) is 5.96 Å². The third-order valence-corrected chi connectivity index (χ3v) is 9.71. The van der Waals surface area contributed by atoms with E-state index >= 15 is 0 Å². The summed E-state index contributed by atoms with van der Waals surface area (Å²) in [6, 6.07) is 41.0. The quantitative estimate of drug-likeness (QED) is 0.238. The lowest BCUT2D eigenvalue weighted by Crippen LogP contribution is -2.38.